The molecule has 2 fully saturated rings. The summed E-state index contributed by atoms with van der Waals surface area (Å²) in [5.41, 5.74) is 1.89. The van der Waals surface area contributed by atoms with E-state index in [2.05, 4.69) is 19.2 Å². The largest absolute Gasteiger partial charge is 0.375 e. The number of nitrogens with zero attached hydrogens (tertiary/aromatic N) is 1. The van der Waals surface area contributed by atoms with Crippen molar-refractivity contribution in [1.82, 2.24) is 0 Å². The molecule has 2 nitrogen and oxygen atoms in total. The second-order valence-electron chi connectivity index (χ2n) is 6.67. The third kappa shape index (κ3) is 3.59. The van der Waals surface area contributed by atoms with Crippen LogP contribution in [0.4, 0.5) is 0 Å². The lowest BCUT2D eigenvalue weighted by Gasteiger charge is -2.47. The number of hydrogen-bond acceptors (Lipinski definition) is 2. The molecule has 2 heteroatoms. The van der Waals surface area contributed by atoms with Gasteiger partial charge in [-0.25, -0.2) is 0 Å². The average molecular weight is 291 g/mol. The van der Waals surface area contributed by atoms with Crippen molar-refractivity contribution < 1.29 is 4.74 Å². The van der Waals surface area contributed by atoms with Crippen LogP contribution in [0.5, 0.6) is 0 Å². The fraction of sp³-hybridized carbons (Fsp3) is 0.842. The Morgan fingerprint density at radius 1 is 1.14 bits per heavy atom. The third-order valence-corrected chi connectivity index (χ3v) is 5.30. The third-order valence-electron chi connectivity index (χ3n) is 5.30. The van der Waals surface area contributed by atoms with Crippen molar-refractivity contribution in [2.45, 2.75) is 90.6 Å². The molecule has 3 aliphatic rings. The molecule has 0 aromatic heterocycles. The molecule has 0 aromatic rings. The van der Waals surface area contributed by atoms with Gasteiger partial charge in [0.05, 0.1) is 5.60 Å². The molecular weight excluding hydrogens is 258 g/mol. The first-order chi connectivity index (χ1) is 10.3. The van der Waals surface area contributed by atoms with Crippen molar-refractivity contribution in [2.75, 3.05) is 6.61 Å². The summed E-state index contributed by atoms with van der Waals surface area (Å²) in [6.45, 7) is 7.25. The van der Waals surface area contributed by atoms with Crippen LogP contribution < -0.4 is 0 Å². The van der Waals surface area contributed by atoms with E-state index in [1.807, 2.05) is 13.8 Å². The fourth-order valence-electron chi connectivity index (χ4n) is 4.46. The second kappa shape index (κ2) is 7.58. The van der Waals surface area contributed by atoms with E-state index in [4.69, 9.17) is 9.73 Å². The first-order valence-corrected chi connectivity index (χ1v) is 9.16. The quantitative estimate of drug-likeness (QED) is 0.656. The lowest BCUT2D eigenvalue weighted by atomic mass is 9.67. The Hall–Kier alpha value is -0.630. The van der Waals surface area contributed by atoms with E-state index in [1.165, 1.54) is 63.5 Å². The molecule has 1 aliphatic carbocycles. The number of rotatable bonds is 3. The molecule has 120 valence electrons. The zero-order chi connectivity index (χ0) is 15.2. The van der Waals surface area contributed by atoms with Crippen molar-refractivity contribution in [2.24, 2.45) is 10.4 Å². The minimum Gasteiger partial charge on any atom is -0.375 e. The predicted molar refractivity (Wildman–Crippen MR) is 90.9 cm³/mol. The van der Waals surface area contributed by atoms with E-state index in [0.29, 0.717) is 5.41 Å². The molecule has 3 rings (SSSR count). The van der Waals surface area contributed by atoms with Crippen molar-refractivity contribution in [1.29, 1.82) is 0 Å². The lowest BCUT2D eigenvalue weighted by Crippen LogP contribution is -2.44. The SMILES string of the molecule is CC.CCC[C@]1(C2=CCCC=N2)CCOC2(CCCC2)C1. The Kier molecular flexibility index (Phi) is 6.04. The maximum atomic E-state index is 6.24. The van der Waals surface area contributed by atoms with Gasteiger partial charge in [0, 0.05) is 23.9 Å². The van der Waals surface area contributed by atoms with Crippen LogP contribution in [0.25, 0.3) is 0 Å². The van der Waals surface area contributed by atoms with E-state index in [-0.39, 0.29) is 5.60 Å². The zero-order valence-corrected chi connectivity index (χ0v) is 14.3. The highest BCUT2D eigenvalue weighted by Crippen LogP contribution is 2.53. The summed E-state index contributed by atoms with van der Waals surface area (Å²) < 4.78 is 6.24. The van der Waals surface area contributed by atoms with Gasteiger partial charge in [0.2, 0.25) is 0 Å². The number of ether oxygens (including phenoxy) is 1. The van der Waals surface area contributed by atoms with Crippen LogP contribution in [0, 0.1) is 5.41 Å². The fourth-order valence-corrected chi connectivity index (χ4v) is 4.46. The summed E-state index contributed by atoms with van der Waals surface area (Å²) in [5, 5.41) is 0. The van der Waals surface area contributed by atoms with Gasteiger partial charge in [0.15, 0.2) is 0 Å². The highest BCUT2D eigenvalue weighted by molar-refractivity contribution is 5.61. The number of aliphatic imine (C=N–C) groups is 1. The predicted octanol–water partition coefficient (Wildman–Crippen LogP) is 5.67. The first kappa shape index (κ1) is 16.7. The molecule has 1 atom stereocenters. The first-order valence-electron chi connectivity index (χ1n) is 9.16. The van der Waals surface area contributed by atoms with E-state index in [1.54, 1.807) is 0 Å². The molecule has 2 heterocycles. The van der Waals surface area contributed by atoms with Crippen molar-refractivity contribution in [3.05, 3.63) is 11.8 Å². The van der Waals surface area contributed by atoms with Crippen LogP contribution in [0.2, 0.25) is 0 Å². The highest BCUT2D eigenvalue weighted by Gasteiger charge is 2.48. The Bertz CT molecular complexity index is 375. The number of allylic oxidation sites excluding steroid dienone is 2. The molecule has 0 unspecified atom stereocenters. The van der Waals surface area contributed by atoms with Gasteiger partial charge in [-0.3, -0.25) is 4.99 Å². The molecular formula is C19H33NO. The van der Waals surface area contributed by atoms with Gasteiger partial charge < -0.3 is 4.74 Å². The molecule has 0 aromatic carbocycles. The Labute approximate surface area is 131 Å². The second-order valence-corrected chi connectivity index (χ2v) is 6.67. The van der Waals surface area contributed by atoms with Gasteiger partial charge in [-0.1, -0.05) is 46.1 Å². The molecule has 0 bridgehead atoms. The lowest BCUT2D eigenvalue weighted by molar-refractivity contribution is -0.115. The highest BCUT2D eigenvalue weighted by atomic mass is 16.5. The van der Waals surface area contributed by atoms with Gasteiger partial charge >= 0.3 is 0 Å². The van der Waals surface area contributed by atoms with Gasteiger partial charge in [-0.15, -0.1) is 0 Å². The molecule has 21 heavy (non-hydrogen) atoms. The average Bonchev–Trinajstić information content (AvgIpc) is 2.98. The van der Waals surface area contributed by atoms with Gasteiger partial charge in [-0.2, -0.15) is 0 Å². The smallest absolute Gasteiger partial charge is 0.0691 e. The molecule has 1 saturated heterocycles. The Morgan fingerprint density at radius 3 is 2.52 bits per heavy atom. The van der Waals surface area contributed by atoms with Crippen LogP contribution in [-0.2, 0) is 4.74 Å². The summed E-state index contributed by atoms with van der Waals surface area (Å²) in [5.74, 6) is 0. The summed E-state index contributed by atoms with van der Waals surface area (Å²) in [7, 11) is 0. The normalized spacial score (nSPS) is 30.7. The minimum atomic E-state index is 0.196. The molecule has 0 radical (unpaired) electrons. The Balaban J connectivity index is 0.000000774. The van der Waals surface area contributed by atoms with E-state index in [9.17, 15) is 0 Å². The maximum Gasteiger partial charge on any atom is 0.0691 e. The van der Waals surface area contributed by atoms with Gasteiger partial charge in [-0.05, 0) is 44.9 Å². The summed E-state index contributed by atoms with van der Waals surface area (Å²) in [6, 6.07) is 0. The van der Waals surface area contributed by atoms with Crippen LogP contribution in [-0.4, -0.2) is 18.4 Å². The van der Waals surface area contributed by atoms with Gasteiger partial charge in [0.1, 0.15) is 0 Å². The van der Waals surface area contributed by atoms with Crippen LogP contribution in [0.3, 0.4) is 0 Å². The number of hydrogen-bond donors (Lipinski definition) is 0. The van der Waals surface area contributed by atoms with E-state index in [0.717, 1.165) is 13.0 Å². The van der Waals surface area contributed by atoms with E-state index < -0.39 is 0 Å². The summed E-state index contributed by atoms with van der Waals surface area (Å²) >= 11 is 0. The summed E-state index contributed by atoms with van der Waals surface area (Å²) in [4.78, 5) is 4.78. The zero-order valence-electron chi connectivity index (χ0n) is 14.3. The molecule has 1 spiro atoms. The standard InChI is InChI=1S/C17H27NO.C2H6/c1-2-8-16(15-7-3-6-12-18-15)11-13-19-17(14-16)9-4-5-10-17;1-2/h7,12H,2-6,8-11,13-14H2,1H3;1-2H3/t16-;/m0./s1. The maximum absolute atomic E-state index is 6.24. The minimum absolute atomic E-state index is 0.196. The molecule has 0 amide bonds. The monoisotopic (exact) mass is 291 g/mol. The van der Waals surface area contributed by atoms with Crippen LogP contribution in [0.1, 0.15) is 85.0 Å². The van der Waals surface area contributed by atoms with Gasteiger partial charge in [0.25, 0.3) is 0 Å². The van der Waals surface area contributed by atoms with Crippen molar-refractivity contribution in [3.8, 4) is 0 Å². The molecule has 2 aliphatic heterocycles. The molecule has 0 N–H and O–H groups in total. The van der Waals surface area contributed by atoms with Crippen molar-refractivity contribution in [3.63, 3.8) is 0 Å². The van der Waals surface area contributed by atoms with Crippen LogP contribution in [0.15, 0.2) is 16.8 Å². The van der Waals surface area contributed by atoms with Crippen molar-refractivity contribution >= 4 is 6.21 Å². The Morgan fingerprint density at radius 2 is 1.90 bits per heavy atom. The van der Waals surface area contributed by atoms with Crippen LogP contribution >= 0.6 is 0 Å². The topological polar surface area (TPSA) is 21.6 Å². The summed E-state index contributed by atoms with van der Waals surface area (Å²) in [6.07, 6.45) is 17.0. The van der Waals surface area contributed by atoms with E-state index >= 15 is 0 Å². The molecule has 1 saturated carbocycles.